The predicted octanol–water partition coefficient (Wildman–Crippen LogP) is 3.09. The van der Waals surface area contributed by atoms with E-state index in [9.17, 15) is 14.4 Å². The van der Waals surface area contributed by atoms with E-state index >= 15 is 0 Å². The topological polar surface area (TPSA) is 107 Å². The van der Waals surface area contributed by atoms with Crippen LogP contribution in [0.15, 0.2) is 12.4 Å². The van der Waals surface area contributed by atoms with Crippen LogP contribution in [-0.4, -0.2) is 40.5 Å². The Morgan fingerprint density at radius 2 is 1.93 bits per heavy atom. The monoisotopic (exact) mass is 417 g/mol. The third-order valence-electron chi connectivity index (χ3n) is 4.53. The fraction of sp³-hybridized carbons (Fsp3) is 0.450. The van der Waals surface area contributed by atoms with Crippen molar-refractivity contribution in [2.24, 2.45) is 0 Å². The summed E-state index contributed by atoms with van der Waals surface area (Å²) in [4.78, 5) is 46.3. The molecule has 1 N–H and O–H groups in total. The molecule has 29 heavy (non-hydrogen) atoms. The SMILES string of the molecule is CCOC(=O)c1c(NC(=O)[C@@H](C)OC(=O)c2cnc(C)cn2)sc2c1CCCC2. The minimum Gasteiger partial charge on any atom is -0.462 e. The second-order valence-corrected chi connectivity index (χ2v) is 7.82. The maximum absolute atomic E-state index is 12.6. The Balaban J connectivity index is 1.74. The summed E-state index contributed by atoms with van der Waals surface area (Å²) in [6.45, 7) is 5.21. The molecule has 2 aromatic heterocycles. The largest absolute Gasteiger partial charge is 0.462 e. The van der Waals surface area contributed by atoms with Gasteiger partial charge in [0.15, 0.2) is 11.8 Å². The van der Waals surface area contributed by atoms with Crippen LogP contribution in [0.5, 0.6) is 0 Å². The smallest absolute Gasteiger partial charge is 0.359 e. The van der Waals surface area contributed by atoms with Crippen molar-refractivity contribution in [3.8, 4) is 0 Å². The Morgan fingerprint density at radius 1 is 1.17 bits per heavy atom. The molecule has 1 aliphatic rings. The van der Waals surface area contributed by atoms with Gasteiger partial charge in [0.25, 0.3) is 5.91 Å². The number of thiophene rings is 1. The van der Waals surface area contributed by atoms with Gasteiger partial charge in [0, 0.05) is 11.1 Å². The molecule has 0 unspecified atom stereocenters. The lowest BCUT2D eigenvalue weighted by Crippen LogP contribution is -2.30. The molecule has 1 atom stereocenters. The second kappa shape index (κ2) is 9.13. The van der Waals surface area contributed by atoms with Gasteiger partial charge in [-0.1, -0.05) is 0 Å². The molecule has 1 amide bonds. The lowest BCUT2D eigenvalue weighted by atomic mass is 9.95. The maximum atomic E-state index is 12.6. The summed E-state index contributed by atoms with van der Waals surface area (Å²) in [5.41, 5.74) is 2.06. The molecule has 9 heteroatoms. The maximum Gasteiger partial charge on any atom is 0.359 e. The molecule has 0 saturated carbocycles. The number of rotatable bonds is 6. The van der Waals surface area contributed by atoms with Crippen LogP contribution >= 0.6 is 11.3 Å². The average Bonchev–Trinajstić information content (AvgIpc) is 3.06. The molecular weight excluding hydrogens is 394 g/mol. The van der Waals surface area contributed by atoms with Gasteiger partial charge < -0.3 is 14.8 Å². The summed E-state index contributed by atoms with van der Waals surface area (Å²) in [7, 11) is 0. The van der Waals surface area contributed by atoms with Crippen LogP contribution in [0, 0.1) is 6.92 Å². The van der Waals surface area contributed by atoms with Gasteiger partial charge in [-0.3, -0.25) is 9.78 Å². The molecule has 0 bridgehead atoms. The van der Waals surface area contributed by atoms with Crippen molar-refractivity contribution < 1.29 is 23.9 Å². The van der Waals surface area contributed by atoms with Gasteiger partial charge in [0.2, 0.25) is 0 Å². The summed E-state index contributed by atoms with van der Waals surface area (Å²) in [5.74, 6) is -1.71. The molecule has 0 saturated heterocycles. The van der Waals surface area contributed by atoms with Gasteiger partial charge in [0.05, 0.1) is 24.1 Å². The highest BCUT2D eigenvalue weighted by atomic mass is 32.1. The van der Waals surface area contributed by atoms with Gasteiger partial charge >= 0.3 is 11.9 Å². The van der Waals surface area contributed by atoms with Gasteiger partial charge in [-0.25, -0.2) is 14.6 Å². The number of hydrogen-bond donors (Lipinski definition) is 1. The molecule has 0 fully saturated rings. The number of carbonyl (C=O) groups excluding carboxylic acids is 3. The van der Waals surface area contributed by atoms with Gasteiger partial charge in [-0.05, 0) is 52.0 Å². The Morgan fingerprint density at radius 3 is 2.62 bits per heavy atom. The van der Waals surface area contributed by atoms with Gasteiger partial charge in [-0.2, -0.15) is 0 Å². The highest BCUT2D eigenvalue weighted by Gasteiger charge is 2.29. The number of fused-ring (bicyclic) bond motifs is 1. The average molecular weight is 417 g/mol. The van der Waals surface area contributed by atoms with Crippen LogP contribution in [0.3, 0.4) is 0 Å². The minimum atomic E-state index is -1.07. The molecule has 3 rings (SSSR count). The van der Waals surface area contributed by atoms with Crippen LogP contribution in [0.4, 0.5) is 5.00 Å². The van der Waals surface area contributed by atoms with E-state index in [4.69, 9.17) is 9.47 Å². The summed E-state index contributed by atoms with van der Waals surface area (Å²) in [6.07, 6.45) is 5.38. The Kier molecular flexibility index (Phi) is 6.58. The number of hydrogen-bond acceptors (Lipinski definition) is 8. The Bertz CT molecular complexity index is 923. The number of aryl methyl sites for hydroxylation is 2. The molecule has 2 heterocycles. The summed E-state index contributed by atoms with van der Waals surface area (Å²) in [5, 5.41) is 3.18. The zero-order chi connectivity index (χ0) is 21.0. The van der Waals surface area contributed by atoms with Crippen molar-refractivity contribution in [3.63, 3.8) is 0 Å². The number of nitrogens with one attached hydrogen (secondary N) is 1. The molecule has 0 radical (unpaired) electrons. The van der Waals surface area contributed by atoms with E-state index in [2.05, 4.69) is 15.3 Å². The normalized spacial score (nSPS) is 13.9. The first kappa shape index (κ1) is 20.9. The number of aromatic nitrogens is 2. The number of amides is 1. The van der Waals surface area contributed by atoms with Crippen LogP contribution in [0.1, 0.15) is 63.7 Å². The number of carbonyl (C=O) groups is 3. The molecular formula is C20H23N3O5S. The van der Waals surface area contributed by atoms with Gasteiger partial charge in [0.1, 0.15) is 5.00 Å². The van der Waals surface area contributed by atoms with Crippen molar-refractivity contribution in [1.29, 1.82) is 0 Å². The van der Waals surface area contributed by atoms with E-state index in [0.29, 0.717) is 16.3 Å². The number of ether oxygens (including phenoxy) is 2. The van der Waals surface area contributed by atoms with Crippen molar-refractivity contribution in [1.82, 2.24) is 9.97 Å². The highest BCUT2D eigenvalue weighted by Crippen LogP contribution is 2.38. The van der Waals surface area contributed by atoms with E-state index < -0.39 is 23.9 Å². The number of nitrogens with zero attached hydrogens (tertiary/aromatic N) is 2. The predicted molar refractivity (Wildman–Crippen MR) is 107 cm³/mol. The highest BCUT2D eigenvalue weighted by molar-refractivity contribution is 7.17. The molecule has 1 aliphatic carbocycles. The zero-order valence-electron chi connectivity index (χ0n) is 16.6. The van der Waals surface area contributed by atoms with E-state index in [-0.39, 0.29) is 12.3 Å². The molecule has 0 aromatic carbocycles. The quantitative estimate of drug-likeness (QED) is 0.720. The summed E-state index contributed by atoms with van der Waals surface area (Å²) >= 11 is 1.38. The second-order valence-electron chi connectivity index (χ2n) is 6.72. The van der Waals surface area contributed by atoms with Gasteiger partial charge in [-0.15, -0.1) is 11.3 Å². The molecule has 2 aromatic rings. The van der Waals surface area contributed by atoms with E-state index in [1.807, 2.05) is 0 Å². The van der Waals surface area contributed by atoms with Crippen LogP contribution in [0.2, 0.25) is 0 Å². The van der Waals surface area contributed by atoms with Crippen LogP contribution < -0.4 is 5.32 Å². The van der Waals surface area contributed by atoms with Crippen LogP contribution in [0.25, 0.3) is 0 Å². The Hall–Kier alpha value is -2.81. The molecule has 8 nitrogen and oxygen atoms in total. The number of anilines is 1. The van der Waals surface area contributed by atoms with Crippen LogP contribution in [-0.2, 0) is 27.1 Å². The van der Waals surface area contributed by atoms with Crippen molar-refractivity contribution in [3.05, 3.63) is 39.8 Å². The summed E-state index contributed by atoms with van der Waals surface area (Å²) in [6, 6.07) is 0. The third kappa shape index (κ3) is 4.79. The molecule has 0 aliphatic heterocycles. The molecule has 0 spiro atoms. The minimum absolute atomic E-state index is 0.0223. The fourth-order valence-corrected chi connectivity index (χ4v) is 4.34. The lowest BCUT2D eigenvalue weighted by Gasteiger charge is -2.14. The van der Waals surface area contributed by atoms with Crippen molar-refractivity contribution >= 4 is 34.2 Å². The van der Waals surface area contributed by atoms with Crippen molar-refractivity contribution in [2.75, 3.05) is 11.9 Å². The van der Waals surface area contributed by atoms with Crippen molar-refractivity contribution in [2.45, 2.75) is 52.6 Å². The molecule has 154 valence electrons. The third-order valence-corrected chi connectivity index (χ3v) is 5.74. The summed E-state index contributed by atoms with van der Waals surface area (Å²) < 4.78 is 10.4. The zero-order valence-corrected chi connectivity index (χ0v) is 17.4. The van der Waals surface area contributed by atoms with E-state index in [1.54, 1.807) is 13.8 Å². The fourth-order valence-electron chi connectivity index (χ4n) is 3.06. The van der Waals surface area contributed by atoms with E-state index in [1.165, 1.54) is 30.7 Å². The van der Waals surface area contributed by atoms with E-state index in [0.717, 1.165) is 36.1 Å². The first-order valence-corrected chi connectivity index (χ1v) is 10.3. The first-order valence-electron chi connectivity index (χ1n) is 9.52. The lowest BCUT2D eigenvalue weighted by molar-refractivity contribution is -0.123. The standard InChI is InChI=1S/C20H23N3O5S/c1-4-27-20(26)16-13-7-5-6-8-15(13)29-18(16)23-17(24)12(3)28-19(25)14-10-21-11(2)9-22-14/h9-10,12H,4-8H2,1-3H3,(H,23,24)/t12-/m1/s1. The number of esters is 2. The Labute approximate surface area is 172 Å². The first-order chi connectivity index (χ1) is 13.9.